The molecule has 0 radical (unpaired) electrons. The van der Waals surface area contributed by atoms with Gasteiger partial charge in [0, 0.05) is 24.4 Å². The van der Waals surface area contributed by atoms with Crippen LogP contribution in [0.3, 0.4) is 0 Å². The molecule has 1 N–H and O–H groups in total. The third kappa shape index (κ3) is 6.07. The predicted octanol–water partition coefficient (Wildman–Crippen LogP) is 6.61. The third-order valence-corrected chi connectivity index (χ3v) is 6.25. The standard InChI is InChI=1S/C24H36ClN3O2/c1-5-14-24(15-6-2,16-10-8-7-9-11-18(3)29)23-27-26-22(28(23)4)20-13-12-19(30)17-21(20)25/h12-13,17,30H,5-11,14-16H2,1-4H3. The van der Waals surface area contributed by atoms with Crippen LogP contribution in [0.4, 0.5) is 0 Å². The van der Waals surface area contributed by atoms with E-state index in [9.17, 15) is 9.90 Å². The van der Waals surface area contributed by atoms with Gasteiger partial charge in [0.05, 0.1) is 5.02 Å². The van der Waals surface area contributed by atoms with E-state index in [0.29, 0.717) is 11.4 Å². The number of ketones is 1. The largest absolute Gasteiger partial charge is 0.508 e. The fraction of sp³-hybridized carbons (Fsp3) is 0.625. The van der Waals surface area contributed by atoms with Crippen LogP contribution in [0.25, 0.3) is 11.4 Å². The van der Waals surface area contributed by atoms with Crippen LogP contribution in [0, 0.1) is 0 Å². The first-order valence-electron chi connectivity index (χ1n) is 11.2. The molecule has 0 aliphatic heterocycles. The highest BCUT2D eigenvalue weighted by Crippen LogP contribution is 2.40. The van der Waals surface area contributed by atoms with Gasteiger partial charge in [0.2, 0.25) is 0 Å². The van der Waals surface area contributed by atoms with Crippen LogP contribution in [0.15, 0.2) is 18.2 Å². The van der Waals surface area contributed by atoms with Crippen LogP contribution < -0.4 is 0 Å². The number of phenols is 1. The molecule has 1 heterocycles. The molecule has 2 rings (SSSR count). The number of benzene rings is 1. The fourth-order valence-electron chi connectivity index (χ4n) is 4.57. The van der Waals surface area contributed by atoms with Crippen LogP contribution in [0.2, 0.25) is 5.02 Å². The minimum atomic E-state index is -0.00648. The highest BCUT2D eigenvalue weighted by Gasteiger charge is 2.35. The average Bonchev–Trinajstić information content (AvgIpc) is 3.06. The Bertz CT molecular complexity index is 826. The first-order valence-corrected chi connectivity index (χ1v) is 11.6. The predicted molar refractivity (Wildman–Crippen MR) is 123 cm³/mol. The van der Waals surface area contributed by atoms with E-state index in [-0.39, 0.29) is 16.9 Å². The summed E-state index contributed by atoms with van der Waals surface area (Å²) in [6, 6.07) is 4.96. The molecule has 0 saturated heterocycles. The fourth-order valence-corrected chi connectivity index (χ4v) is 4.83. The van der Waals surface area contributed by atoms with Crippen molar-refractivity contribution in [3.05, 3.63) is 29.0 Å². The van der Waals surface area contributed by atoms with E-state index < -0.39 is 0 Å². The number of Topliss-reactive ketones (excluding diaryl/α,β-unsaturated/α-hetero) is 1. The zero-order valence-corrected chi connectivity index (χ0v) is 19.6. The van der Waals surface area contributed by atoms with Gasteiger partial charge < -0.3 is 14.5 Å². The van der Waals surface area contributed by atoms with Crippen molar-refractivity contribution in [1.82, 2.24) is 14.8 Å². The Balaban J connectivity index is 2.26. The maximum atomic E-state index is 11.1. The Morgan fingerprint density at radius 3 is 2.33 bits per heavy atom. The lowest BCUT2D eigenvalue weighted by atomic mass is 9.74. The smallest absolute Gasteiger partial charge is 0.165 e. The molecule has 30 heavy (non-hydrogen) atoms. The Morgan fingerprint density at radius 1 is 1.07 bits per heavy atom. The number of hydrogen-bond acceptors (Lipinski definition) is 4. The molecule has 0 aliphatic carbocycles. The summed E-state index contributed by atoms with van der Waals surface area (Å²) in [6.07, 6.45) is 10.4. The summed E-state index contributed by atoms with van der Waals surface area (Å²) in [4.78, 5) is 11.1. The second-order valence-corrected chi connectivity index (χ2v) is 8.87. The Hall–Kier alpha value is -1.88. The summed E-state index contributed by atoms with van der Waals surface area (Å²) < 4.78 is 2.08. The van der Waals surface area contributed by atoms with Crippen molar-refractivity contribution in [1.29, 1.82) is 0 Å². The number of carbonyl (C=O) groups is 1. The summed E-state index contributed by atoms with van der Waals surface area (Å²) in [5, 5.41) is 19.3. The second-order valence-electron chi connectivity index (χ2n) is 8.47. The van der Waals surface area contributed by atoms with Crippen molar-refractivity contribution in [3.63, 3.8) is 0 Å². The molecule has 0 aliphatic rings. The van der Waals surface area contributed by atoms with E-state index in [1.807, 2.05) is 7.05 Å². The van der Waals surface area contributed by atoms with Crippen LogP contribution in [-0.2, 0) is 17.3 Å². The maximum absolute atomic E-state index is 11.1. The Labute approximate surface area is 185 Å². The molecular formula is C24H36ClN3O2. The number of hydrogen-bond donors (Lipinski definition) is 1. The third-order valence-electron chi connectivity index (χ3n) is 5.93. The van der Waals surface area contributed by atoms with Crippen molar-refractivity contribution in [2.45, 2.75) is 90.4 Å². The number of phenolic OH excluding ortho intramolecular Hbond substituents is 1. The van der Waals surface area contributed by atoms with Gasteiger partial charge in [0.15, 0.2) is 5.82 Å². The van der Waals surface area contributed by atoms with Gasteiger partial charge in [0.25, 0.3) is 0 Å². The monoisotopic (exact) mass is 433 g/mol. The molecule has 6 heteroatoms. The molecule has 5 nitrogen and oxygen atoms in total. The van der Waals surface area contributed by atoms with Crippen LogP contribution >= 0.6 is 11.6 Å². The van der Waals surface area contributed by atoms with Crippen LogP contribution in [0.1, 0.15) is 90.8 Å². The van der Waals surface area contributed by atoms with Gasteiger partial charge in [-0.1, -0.05) is 57.6 Å². The quantitative estimate of drug-likeness (QED) is 0.361. The molecule has 0 bridgehead atoms. The Morgan fingerprint density at radius 2 is 1.73 bits per heavy atom. The normalized spacial score (nSPS) is 11.8. The van der Waals surface area contributed by atoms with Crippen molar-refractivity contribution in [2.24, 2.45) is 7.05 Å². The van der Waals surface area contributed by atoms with Crippen molar-refractivity contribution in [2.75, 3.05) is 0 Å². The number of halogens is 1. The highest BCUT2D eigenvalue weighted by atomic mass is 35.5. The van der Waals surface area contributed by atoms with Crippen molar-refractivity contribution < 1.29 is 9.90 Å². The minimum absolute atomic E-state index is 0.00648. The Kier molecular flexibility index (Phi) is 9.35. The van der Waals surface area contributed by atoms with Gasteiger partial charge in [-0.05, 0) is 50.8 Å². The number of aromatic hydroxyl groups is 1. The molecule has 1 aromatic carbocycles. The molecule has 0 amide bonds. The average molecular weight is 434 g/mol. The number of aromatic nitrogens is 3. The van der Waals surface area contributed by atoms with Gasteiger partial charge in [-0.25, -0.2) is 0 Å². The van der Waals surface area contributed by atoms with Gasteiger partial charge in [-0.15, -0.1) is 10.2 Å². The van der Waals surface area contributed by atoms with E-state index in [0.717, 1.165) is 75.0 Å². The lowest BCUT2D eigenvalue weighted by Crippen LogP contribution is -2.30. The summed E-state index contributed by atoms with van der Waals surface area (Å²) in [5.74, 6) is 2.17. The first kappa shape index (κ1) is 24.4. The van der Waals surface area contributed by atoms with Crippen molar-refractivity contribution >= 4 is 17.4 Å². The number of nitrogens with zero attached hydrogens (tertiary/aromatic N) is 3. The summed E-state index contributed by atoms with van der Waals surface area (Å²) in [7, 11) is 2.01. The van der Waals surface area contributed by atoms with Gasteiger partial charge >= 0.3 is 0 Å². The molecule has 0 atom stereocenters. The van der Waals surface area contributed by atoms with Gasteiger partial charge in [-0.2, -0.15) is 0 Å². The van der Waals surface area contributed by atoms with Gasteiger partial charge in [0.1, 0.15) is 17.4 Å². The maximum Gasteiger partial charge on any atom is 0.165 e. The van der Waals surface area contributed by atoms with Crippen molar-refractivity contribution in [3.8, 4) is 17.1 Å². The van der Waals surface area contributed by atoms with Gasteiger partial charge in [-0.3, -0.25) is 0 Å². The number of unbranched alkanes of at least 4 members (excludes halogenated alkanes) is 3. The van der Waals surface area contributed by atoms with E-state index >= 15 is 0 Å². The van der Waals surface area contributed by atoms with E-state index in [1.165, 1.54) is 6.07 Å². The zero-order chi connectivity index (χ0) is 22.1. The van der Waals surface area contributed by atoms with Crippen LogP contribution in [0.5, 0.6) is 5.75 Å². The van der Waals surface area contributed by atoms with E-state index in [2.05, 4.69) is 28.6 Å². The lowest BCUT2D eigenvalue weighted by molar-refractivity contribution is -0.117. The highest BCUT2D eigenvalue weighted by molar-refractivity contribution is 6.33. The summed E-state index contributed by atoms with van der Waals surface area (Å²) in [5.41, 5.74) is 0.773. The molecule has 0 spiro atoms. The molecule has 0 fully saturated rings. The molecule has 0 saturated carbocycles. The first-order chi connectivity index (χ1) is 14.3. The summed E-state index contributed by atoms with van der Waals surface area (Å²) in [6.45, 7) is 6.12. The second kappa shape index (κ2) is 11.5. The van der Waals surface area contributed by atoms with E-state index in [1.54, 1.807) is 19.1 Å². The molecule has 0 unspecified atom stereocenters. The zero-order valence-electron chi connectivity index (χ0n) is 18.9. The van der Waals surface area contributed by atoms with E-state index in [4.69, 9.17) is 11.6 Å². The lowest BCUT2D eigenvalue weighted by Gasteiger charge is -2.33. The molecular weight excluding hydrogens is 398 g/mol. The summed E-state index contributed by atoms with van der Waals surface area (Å²) >= 11 is 6.37. The number of rotatable bonds is 13. The molecule has 2 aromatic rings. The number of carbonyl (C=O) groups excluding carboxylic acids is 1. The molecule has 166 valence electrons. The van der Waals surface area contributed by atoms with Crippen LogP contribution in [-0.4, -0.2) is 25.7 Å². The molecule has 1 aromatic heterocycles. The topological polar surface area (TPSA) is 68.0 Å². The minimum Gasteiger partial charge on any atom is -0.508 e. The SMILES string of the molecule is CCCC(CCC)(CCCCCCC(C)=O)c1nnc(-c2ccc(O)cc2Cl)n1C.